The van der Waals surface area contributed by atoms with E-state index >= 15 is 0 Å². The molecule has 5 aromatic rings. The number of rotatable bonds is 6. The Morgan fingerprint density at radius 3 is 2.65 bits per heavy atom. The monoisotopic (exact) mass is 473 g/mol. The molecule has 0 fully saturated rings. The highest BCUT2D eigenvalue weighted by atomic mass is 32.1. The molecule has 8 nitrogen and oxygen atoms in total. The van der Waals surface area contributed by atoms with Gasteiger partial charge < -0.3 is 13.9 Å². The van der Waals surface area contributed by atoms with Crippen molar-refractivity contribution >= 4 is 28.3 Å². The van der Waals surface area contributed by atoms with Gasteiger partial charge in [0, 0.05) is 11.6 Å². The average Bonchev–Trinajstić information content (AvgIpc) is 3.57. The summed E-state index contributed by atoms with van der Waals surface area (Å²) in [4.78, 5) is 29.7. The number of esters is 1. The van der Waals surface area contributed by atoms with Crippen LogP contribution in [0.5, 0.6) is 5.75 Å². The first-order valence-corrected chi connectivity index (χ1v) is 11.3. The van der Waals surface area contributed by atoms with E-state index in [2.05, 4.69) is 10.1 Å². The SMILES string of the molecule is CCOC(=O)c1ccc(-c2ccc(C=c3sc4nc(-c5ccccc5OC)nn4c3=O)o2)cc1. The van der Waals surface area contributed by atoms with E-state index in [0.717, 1.165) is 11.1 Å². The quantitative estimate of drug-likeness (QED) is 0.346. The van der Waals surface area contributed by atoms with Crippen molar-refractivity contribution in [1.29, 1.82) is 0 Å². The molecule has 170 valence electrons. The molecule has 0 amide bonds. The second kappa shape index (κ2) is 8.95. The maximum Gasteiger partial charge on any atom is 0.338 e. The lowest BCUT2D eigenvalue weighted by Gasteiger charge is -2.03. The van der Waals surface area contributed by atoms with Crippen LogP contribution in [0.25, 0.3) is 33.7 Å². The first-order chi connectivity index (χ1) is 16.6. The van der Waals surface area contributed by atoms with Crippen LogP contribution < -0.4 is 14.8 Å². The molecule has 34 heavy (non-hydrogen) atoms. The van der Waals surface area contributed by atoms with Gasteiger partial charge in [0.2, 0.25) is 4.96 Å². The molecule has 0 aliphatic rings. The summed E-state index contributed by atoms with van der Waals surface area (Å²) >= 11 is 1.23. The number of thiazole rings is 1. The Kier molecular flexibility index (Phi) is 5.69. The predicted molar refractivity (Wildman–Crippen MR) is 128 cm³/mol. The Labute approximate surface area is 197 Å². The van der Waals surface area contributed by atoms with Crippen LogP contribution in [-0.4, -0.2) is 34.3 Å². The molecule has 0 saturated heterocycles. The van der Waals surface area contributed by atoms with Gasteiger partial charge in [-0.2, -0.15) is 9.50 Å². The van der Waals surface area contributed by atoms with Crippen LogP contribution in [0.2, 0.25) is 0 Å². The summed E-state index contributed by atoms with van der Waals surface area (Å²) in [6.45, 7) is 2.09. The lowest BCUT2D eigenvalue weighted by Crippen LogP contribution is -2.23. The fraction of sp³-hybridized carbons (Fsp3) is 0.120. The topological polar surface area (TPSA) is 95.9 Å². The summed E-state index contributed by atoms with van der Waals surface area (Å²) in [5.41, 5.74) is 1.72. The molecule has 2 aromatic carbocycles. The fourth-order valence-corrected chi connectivity index (χ4v) is 4.36. The van der Waals surface area contributed by atoms with E-state index in [0.29, 0.717) is 44.8 Å². The minimum atomic E-state index is -0.365. The molecule has 5 rings (SSSR count). The molecule has 3 aromatic heterocycles. The van der Waals surface area contributed by atoms with Gasteiger partial charge in [0.1, 0.15) is 21.8 Å². The van der Waals surface area contributed by atoms with E-state index in [1.807, 2.05) is 30.3 Å². The number of nitrogens with zero attached hydrogens (tertiary/aromatic N) is 3. The Bertz CT molecular complexity index is 1600. The summed E-state index contributed by atoms with van der Waals surface area (Å²) in [5.74, 6) is 1.84. The molecule has 0 N–H and O–H groups in total. The first kappa shape index (κ1) is 21.6. The maximum atomic E-state index is 12.9. The van der Waals surface area contributed by atoms with Crippen molar-refractivity contribution < 1.29 is 18.7 Å². The number of para-hydroxylation sites is 1. The third kappa shape index (κ3) is 3.97. The molecule has 3 heterocycles. The minimum Gasteiger partial charge on any atom is -0.496 e. The first-order valence-electron chi connectivity index (χ1n) is 10.5. The van der Waals surface area contributed by atoms with Crippen molar-refractivity contribution in [3.8, 4) is 28.5 Å². The summed E-state index contributed by atoms with van der Waals surface area (Å²) in [7, 11) is 1.58. The summed E-state index contributed by atoms with van der Waals surface area (Å²) in [6, 6.07) is 17.9. The molecular formula is C25H19N3O5S. The Balaban J connectivity index is 1.43. The van der Waals surface area contributed by atoms with Gasteiger partial charge in [-0.1, -0.05) is 35.6 Å². The summed E-state index contributed by atoms with van der Waals surface area (Å²) in [5, 5.41) is 4.38. The largest absolute Gasteiger partial charge is 0.496 e. The zero-order valence-corrected chi connectivity index (χ0v) is 19.2. The van der Waals surface area contributed by atoms with Gasteiger partial charge in [-0.3, -0.25) is 4.79 Å². The number of hydrogen-bond donors (Lipinski definition) is 0. The van der Waals surface area contributed by atoms with Crippen LogP contribution in [0.3, 0.4) is 0 Å². The zero-order chi connectivity index (χ0) is 23.7. The summed E-state index contributed by atoms with van der Waals surface area (Å²) in [6.07, 6.45) is 1.67. The number of aromatic nitrogens is 3. The molecule has 0 aliphatic carbocycles. The number of carbonyl (C=O) groups excluding carboxylic acids is 1. The van der Waals surface area contributed by atoms with Gasteiger partial charge in [-0.15, -0.1) is 5.10 Å². The minimum absolute atomic E-state index is 0.273. The molecule has 9 heteroatoms. The van der Waals surface area contributed by atoms with Gasteiger partial charge in [-0.05, 0) is 43.3 Å². The molecule has 0 radical (unpaired) electrons. The van der Waals surface area contributed by atoms with Crippen LogP contribution in [0.15, 0.2) is 69.9 Å². The second-order valence-electron chi connectivity index (χ2n) is 7.25. The third-order valence-electron chi connectivity index (χ3n) is 5.11. The van der Waals surface area contributed by atoms with Gasteiger partial charge in [-0.25, -0.2) is 4.79 Å². The van der Waals surface area contributed by atoms with Gasteiger partial charge >= 0.3 is 5.97 Å². The van der Waals surface area contributed by atoms with Crippen LogP contribution in [0.4, 0.5) is 0 Å². The smallest absolute Gasteiger partial charge is 0.338 e. The average molecular weight is 474 g/mol. The van der Waals surface area contributed by atoms with Crippen molar-refractivity contribution in [2.75, 3.05) is 13.7 Å². The summed E-state index contributed by atoms with van der Waals surface area (Å²) < 4.78 is 18.0. The lowest BCUT2D eigenvalue weighted by molar-refractivity contribution is 0.0526. The number of hydrogen-bond acceptors (Lipinski definition) is 8. The number of fused-ring (bicyclic) bond motifs is 1. The van der Waals surface area contributed by atoms with E-state index in [1.54, 1.807) is 50.4 Å². The van der Waals surface area contributed by atoms with E-state index in [-0.39, 0.29) is 11.5 Å². The van der Waals surface area contributed by atoms with Crippen LogP contribution >= 0.6 is 11.3 Å². The van der Waals surface area contributed by atoms with Crippen LogP contribution in [0.1, 0.15) is 23.0 Å². The van der Waals surface area contributed by atoms with Gasteiger partial charge in [0.25, 0.3) is 5.56 Å². The van der Waals surface area contributed by atoms with E-state index in [1.165, 1.54) is 15.9 Å². The van der Waals surface area contributed by atoms with E-state index in [9.17, 15) is 9.59 Å². The van der Waals surface area contributed by atoms with E-state index in [4.69, 9.17) is 13.9 Å². The molecule has 0 bridgehead atoms. The highest BCUT2D eigenvalue weighted by Gasteiger charge is 2.15. The second-order valence-corrected chi connectivity index (χ2v) is 8.25. The maximum absolute atomic E-state index is 12.9. The van der Waals surface area contributed by atoms with E-state index < -0.39 is 0 Å². The highest BCUT2D eigenvalue weighted by molar-refractivity contribution is 7.15. The van der Waals surface area contributed by atoms with Gasteiger partial charge in [0.15, 0.2) is 5.82 Å². The predicted octanol–water partition coefficient (Wildman–Crippen LogP) is 3.81. The van der Waals surface area contributed by atoms with Crippen molar-refractivity contribution in [1.82, 2.24) is 14.6 Å². The normalized spacial score (nSPS) is 11.8. The molecule has 0 unspecified atom stereocenters. The number of furan rings is 1. The van der Waals surface area contributed by atoms with Crippen LogP contribution in [-0.2, 0) is 4.74 Å². The Morgan fingerprint density at radius 2 is 1.91 bits per heavy atom. The number of benzene rings is 2. The third-order valence-corrected chi connectivity index (χ3v) is 6.07. The van der Waals surface area contributed by atoms with Crippen molar-refractivity contribution in [3.63, 3.8) is 0 Å². The number of ether oxygens (including phenoxy) is 2. The van der Waals surface area contributed by atoms with Crippen molar-refractivity contribution in [2.45, 2.75) is 6.92 Å². The lowest BCUT2D eigenvalue weighted by atomic mass is 10.1. The Morgan fingerprint density at radius 1 is 1.12 bits per heavy atom. The zero-order valence-electron chi connectivity index (χ0n) is 18.3. The molecule has 0 aliphatic heterocycles. The fourth-order valence-electron chi connectivity index (χ4n) is 3.48. The molecule has 0 atom stereocenters. The van der Waals surface area contributed by atoms with Crippen molar-refractivity contribution in [2.24, 2.45) is 0 Å². The number of methoxy groups -OCH3 is 1. The van der Waals surface area contributed by atoms with Gasteiger partial charge in [0.05, 0.1) is 24.8 Å². The standard InChI is InChI=1S/C25H19N3O5S/c1-3-32-24(30)16-10-8-15(9-11-16)19-13-12-17(33-19)14-21-23(29)28-25(34-21)26-22(27-28)18-6-4-5-7-20(18)31-2/h4-14H,3H2,1-2H3. The van der Waals surface area contributed by atoms with Crippen LogP contribution in [0, 0.1) is 0 Å². The molecule has 0 spiro atoms. The molecule has 0 saturated carbocycles. The Hall–Kier alpha value is -4.24. The number of carbonyl (C=O) groups is 1. The molecular weight excluding hydrogens is 454 g/mol. The van der Waals surface area contributed by atoms with Crippen molar-refractivity contribution in [3.05, 3.63) is 86.9 Å². The highest BCUT2D eigenvalue weighted by Crippen LogP contribution is 2.27.